The molecule has 8 nitrogen and oxygen atoms in total. The maximum absolute atomic E-state index is 6.10. The predicted molar refractivity (Wildman–Crippen MR) is 95.3 cm³/mol. The van der Waals surface area contributed by atoms with Crippen LogP contribution < -0.4 is 26.3 Å². The summed E-state index contributed by atoms with van der Waals surface area (Å²) in [5, 5.41) is 3.24. The molecule has 1 heterocycles. The highest BCUT2D eigenvalue weighted by molar-refractivity contribution is 6.32. The lowest BCUT2D eigenvalue weighted by atomic mass is 10.2. The average molecular weight is 349 g/mol. The smallest absolute Gasteiger partial charge is 0.225 e. The van der Waals surface area contributed by atoms with Crippen molar-refractivity contribution in [2.45, 2.75) is 0 Å². The van der Waals surface area contributed by atoms with Crippen molar-refractivity contribution in [2.24, 2.45) is 21.5 Å². The number of aliphatic imine (C=N–C) groups is 2. The van der Waals surface area contributed by atoms with Crippen molar-refractivity contribution in [2.75, 3.05) is 19.5 Å². The minimum absolute atomic E-state index is 0.0201. The van der Waals surface area contributed by atoms with Gasteiger partial charge in [-0.05, 0) is 18.2 Å². The number of methoxy groups -OCH3 is 2. The quantitative estimate of drug-likeness (QED) is 0.575. The minimum Gasteiger partial charge on any atom is -0.495 e. The second-order valence-electron chi connectivity index (χ2n) is 4.47. The van der Waals surface area contributed by atoms with E-state index in [9.17, 15) is 0 Å². The number of anilines is 1. The third kappa shape index (κ3) is 4.50. The number of nitrogens with two attached hydrogens (primary N) is 2. The van der Waals surface area contributed by atoms with Crippen molar-refractivity contribution >= 4 is 35.0 Å². The molecule has 9 heteroatoms. The molecule has 24 heavy (non-hydrogen) atoms. The maximum atomic E-state index is 6.10. The van der Waals surface area contributed by atoms with E-state index in [0.29, 0.717) is 28.0 Å². The van der Waals surface area contributed by atoms with Gasteiger partial charge in [-0.3, -0.25) is 0 Å². The summed E-state index contributed by atoms with van der Waals surface area (Å²) in [6, 6.07) is 8.48. The van der Waals surface area contributed by atoms with Crippen LogP contribution in [0.5, 0.6) is 11.5 Å². The lowest BCUT2D eigenvalue weighted by Gasteiger charge is -2.13. The maximum Gasteiger partial charge on any atom is 0.225 e. The molecule has 0 aliphatic rings. The van der Waals surface area contributed by atoms with Gasteiger partial charge in [0.15, 0.2) is 5.82 Å². The highest BCUT2D eigenvalue weighted by Gasteiger charge is 2.10. The van der Waals surface area contributed by atoms with Crippen LogP contribution in [0.1, 0.15) is 0 Å². The first-order valence-electron chi connectivity index (χ1n) is 6.81. The molecule has 1 aromatic heterocycles. The van der Waals surface area contributed by atoms with Crippen LogP contribution in [0, 0.1) is 0 Å². The third-order valence-electron chi connectivity index (χ3n) is 2.85. The Kier molecular flexibility index (Phi) is 5.80. The van der Waals surface area contributed by atoms with Gasteiger partial charge in [-0.15, -0.1) is 0 Å². The number of ether oxygens (including phenoxy) is 2. The standard InChI is InChI=1S/C15H17ClN6O2/c1-23-11-8-12(24-2)10(7-9(11)16)20-14(17)22-15(18)21-13-5-3-4-6-19-13/h3-8H,1-2H3,(H5,17,18,19,20,21,22). The summed E-state index contributed by atoms with van der Waals surface area (Å²) in [6.45, 7) is 0. The van der Waals surface area contributed by atoms with Crippen molar-refractivity contribution in [1.29, 1.82) is 0 Å². The van der Waals surface area contributed by atoms with Gasteiger partial charge in [-0.25, -0.2) is 4.98 Å². The molecule has 0 atom stereocenters. The Morgan fingerprint density at radius 1 is 1.17 bits per heavy atom. The number of hydrogen-bond donors (Lipinski definition) is 3. The monoisotopic (exact) mass is 348 g/mol. The zero-order chi connectivity index (χ0) is 17.5. The fraction of sp³-hybridized carbons (Fsp3) is 0.133. The molecule has 0 aliphatic carbocycles. The average Bonchev–Trinajstić information content (AvgIpc) is 2.55. The molecule has 0 amide bonds. The molecule has 0 radical (unpaired) electrons. The van der Waals surface area contributed by atoms with Crippen LogP contribution in [0.25, 0.3) is 0 Å². The van der Waals surface area contributed by atoms with E-state index in [2.05, 4.69) is 20.3 Å². The number of halogens is 1. The van der Waals surface area contributed by atoms with E-state index in [1.54, 1.807) is 36.5 Å². The highest BCUT2D eigenvalue weighted by Crippen LogP contribution is 2.35. The molecular formula is C15H17ClN6O2. The number of rotatable bonds is 4. The zero-order valence-corrected chi connectivity index (χ0v) is 13.9. The van der Waals surface area contributed by atoms with Gasteiger partial charge in [0, 0.05) is 12.3 Å². The second kappa shape index (κ2) is 8.02. The number of guanidine groups is 2. The second-order valence-corrected chi connectivity index (χ2v) is 4.87. The lowest BCUT2D eigenvalue weighted by Crippen LogP contribution is -2.26. The summed E-state index contributed by atoms with van der Waals surface area (Å²) in [5.41, 5.74) is 12.1. The van der Waals surface area contributed by atoms with Crippen molar-refractivity contribution in [3.8, 4) is 11.5 Å². The SMILES string of the molecule is COc1cc(OC)c(NC(N)=NC(N)=Nc2ccccn2)cc1Cl. The normalized spacial score (nSPS) is 12.0. The van der Waals surface area contributed by atoms with E-state index >= 15 is 0 Å². The summed E-state index contributed by atoms with van der Waals surface area (Å²) < 4.78 is 10.4. The number of nitrogens with zero attached hydrogens (tertiary/aromatic N) is 3. The van der Waals surface area contributed by atoms with Gasteiger partial charge < -0.3 is 26.3 Å². The molecular weight excluding hydrogens is 332 g/mol. The van der Waals surface area contributed by atoms with Crippen LogP contribution in [0.4, 0.5) is 11.5 Å². The van der Waals surface area contributed by atoms with Crippen molar-refractivity contribution in [1.82, 2.24) is 4.98 Å². The Morgan fingerprint density at radius 2 is 1.92 bits per heavy atom. The van der Waals surface area contributed by atoms with Crippen LogP contribution in [-0.4, -0.2) is 31.1 Å². The van der Waals surface area contributed by atoms with Crippen LogP contribution in [0.15, 0.2) is 46.5 Å². The van der Waals surface area contributed by atoms with Crippen molar-refractivity contribution in [3.05, 3.63) is 41.6 Å². The fourth-order valence-electron chi connectivity index (χ4n) is 1.81. The zero-order valence-electron chi connectivity index (χ0n) is 13.2. The summed E-state index contributed by atoms with van der Waals surface area (Å²) in [4.78, 5) is 12.0. The first-order chi connectivity index (χ1) is 11.5. The first-order valence-corrected chi connectivity index (χ1v) is 7.19. The minimum atomic E-state index is -0.0442. The Labute approximate surface area is 144 Å². The molecule has 2 aromatic rings. The number of pyridine rings is 1. The van der Waals surface area contributed by atoms with Crippen LogP contribution >= 0.6 is 11.6 Å². The van der Waals surface area contributed by atoms with E-state index in [-0.39, 0.29) is 11.9 Å². The third-order valence-corrected chi connectivity index (χ3v) is 3.15. The number of nitrogens with one attached hydrogen (secondary N) is 1. The van der Waals surface area contributed by atoms with Gasteiger partial charge in [0.2, 0.25) is 11.9 Å². The molecule has 0 aliphatic heterocycles. The largest absolute Gasteiger partial charge is 0.495 e. The van der Waals surface area contributed by atoms with Gasteiger partial charge >= 0.3 is 0 Å². The van der Waals surface area contributed by atoms with Gasteiger partial charge in [-0.2, -0.15) is 9.98 Å². The summed E-state index contributed by atoms with van der Waals surface area (Å²) in [5.74, 6) is 1.36. The Morgan fingerprint density at radius 3 is 2.54 bits per heavy atom. The molecule has 5 N–H and O–H groups in total. The van der Waals surface area contributed by atoms with E-state index in [1.165, 1.54) is 14.2 Å². The van der Waals surface area contributed by atoms with Gasteiger partial charge in [-0.1, -0.05) is 17.7 Å². The number of aromatic nitrogens is 1. The molecule has 0 saturated carbocycles. The van der Waals surface area contributed by atoms with E-state index < -0.39 is 0 Å². The topological polar surface area (TPSA) is 120 Å². The molecule has 0 bridgehead atoms. The number of benzene rings is 1. The Bertz CT molecular complexity index is 764. The molecule has 0 spiro atoms. The van der Waals surface area contributed by atoms with Crippen LogP contribution in [0.2, 0.25) is 5.02 Å². The van der Waals surface area contributed by atoms with Crippen LogP contribution in [-0.2, 0) is 0 Å². The highest BCUT2D eigenvalue weighted by atomic mass is 35.5. The Balaban J connectivity index is 2.21. The molecule has 0 saturated heterocycles. The molecule has 1 aromatic carbocycles. The van der Waals surface area contributed by atoms with E-state index in [1.807, 2.05) is 0 Å². The summed E-state index contributed by atoms with van der Waals surface area (Å²) in [7, 11) is 3.02. The van der Waals surface area contributed by atoms with Gasteiger partial charge in [0.25, 0.3) is 0 Å². The molecule has 126 valence electrons. The molecule has 0 fully saturated rings. The summed E-state index contributed by atoms with van der Waals surface area (Å²) >= 11 is 6.10. The summed E-state index contributed by atoms with van der Waals surface area (Å²) in [6.07, 6.45) is 1.60. The van der Waals surface area contributed by atoms with Crippen molar-refractivity contribution < 1.29 is 9.47 Å². The molecule has 0 unspecified atom stereocenters. The first kappa shape index (κ1) is 17.4. The Hall–Kier alpha value is -3.00. The van der Waals surface area contributed by atoms with Crippen molar-refractivity contribution in [3.63, 3.8) is 0 Å². The lowest BCUT2D eigenvalue weighted by molar-refractivity contribution is 0.396. The van der Waals surface area contributed by atoms with Gasteiger partial charge in [0.1, 0.15) is 11.5 Å². The van der Waals surface area contributed by atoms with Gasteiger partial charge in [0.05, 0.1) is 24.9 Å². The number of hydrogen-bond acceptors (Lipinski definition) is 4. The van der Waals surface area contributed by atoms with E-state index in [0.717, 1.165) is 0 Å². The van der Waals surface area contributed by atoms with Crippen LogP contribution in [0.3, 0.4) is 0 Å². The molecule has 2 rings (SSSR count). The predicted octanol–water partition coefficient (Wildman–Crippen LogP) is 2.13. The fourth-order valence-corrected chi connectivity index (χ4v) is 2.05. The van der Waals surface area contributed by atoms with E-state index in [4.69, 9.17) is 32.5 Å².